The molecule has 0 radical (unpaired) electrons. The van der Waals surface area contributed by atoms with Gasteiger partial charge >= 0.3 is 0 Å². The van der Waals surface area contributed by atoms with E-state index in [-0.39, 0.29) is 11.8 Å². The lowest BCUT2D eigenvalue weighted by molar-refractivity contribution is -0.137. The molecule has 2 heterocycles. The predicted molar refractivity (Wildman–Crippen MR) is 119 cm³/mol. The van der Waals surface area contributed by atoms with Gasteiger partial charge in [-0.3, -0.25) is 19.4 Å². The van der Waals surface area contributed by atoms with Gasteiger partial charge in [0.25, 0.3) is 11.8 Å². The van der Waals surface area contributed by atoms with E-state index >= 15 is 0 Å². The number of nitrogens with zero attached hydrogens (tertiary/aromatic N) is 2. The molecule has 162 valence electrons. The molecule has 0 spiro atoms. The van der Waals surface area contributed by atoms with Gasteiger partial charge in [0.2, 0.25) is 0 Å². The fourth-order valence-corrected chi connectivity index (χ4v) is 3.85. The van der Waals surface area contributed by atoms with Crippen molar-refractivity contribution >= 4 is 23.1 Å². The Balaban J connectivity index is 1.62. The molecule has 2 aromatic carbocycles. The Bertz CT molecular complexity index is 994. The number of aryl methyl sites for hydroxylation is 1. The van der Waals surface area contributed by atoms with Gasteiger partial charge in [-0.05, 0) is 42.3 Å². The highest BCUT2D eigenvalue weighted by Gasteiger charge is 2.39. The predicted octanol–water partition coefficient (Wildman–Crippen LogP) is 2.53. The number of anilines is 1. The number of carbonyl (C=O) groups is 2. The van der Waals surface area contributed by atoms with Crippen LogP contribution in [0.2, 0.25) is 0 Å². The summed E-state index contributed by atoms with van der Waals surface area (Å²) in [5.74, 6) is 0.114. The molecule has 7 nitrogen and oxygen atoms in total. The molecule has 1 saturated heterocycles. The van der Waals surface area contributed by atoms with Crippen LogP contribution in [0.3, 0.4) is 0 Å². The summed E-state index contributed by atoms with van der Waals surface area (Å²) in [5, 5.41) is 3.21. The van der Waals surface area contributed by atoms with Crippen LogP contribution in [0, 0.1) is 6.92 Å². The van der Waals surface area contributed by atoms with Crippen molar-refractivity contribution in [2.45, 2.75) is 6.92 Å². The lowest BCUT2D eigenvalue weighted by Crippen LogP contribution is -2.43. The first-order valence-electron chi connectivity index (χ1n) is 10.5. The van der Waals surface area contributed by atoms with Crippen LogP contribution in [-0.2, 0) is 14.3 Å². The van der Waals surface area contributed by atoms with Gasteiger partial charge in [0.1, 0.15) is 11.4 Å². The smallest absolute Gasteiger partial charge is 0.278 e. The highest BCUT2D eigenvalue weighted by molar-refractivity contribution is 6.36. The summed E-state index contributed by atoms with van der Waals surface area (Å²) in [6, 6.07) is 14.9. The number of hydrogen-bond donors (Lipinski definition) is 1. The van der Waals surface area contributed by atoms with E-state index in [1.165, 1.54) is 4.90 Å². The number of hydrogen-bond acceptors (Lipinski definition) is 6. The molecule has 1 N–H and O–H groups in total. The fraction of sp³-hybridized carbons (Fsp3) is 0.333. The summed E-state index contributed by atoms with van der Waals surface area (Å²) in [4.78, 5) is 30.2. The van der Waals surface area contributed by atoms with Crippen LogP contribution in [0.15, 0.2) is 54.2 Å². The van der Waals surface area contributed by atoms with Crippen molar-refractivity contribution in [1.82, 2.24) is 9.80 Å². The quantitative estimate of drug-likeness (QED) is 0.693. The van der Waals surface area contributed by atoms with Crippen molar-refractivity contribution < 1.29 is 19.1 Å². The number of ether oxygens (including phenoxy) is 2. The van der Waals surface area contributed by atoms with E-state index in [0.29, 0.717) is 48.9 Å². The number of rotatable bonds is 7. The van der Waals surface area contributed by atoms with Gasteiger partial charge < -0.3 is 14.8 Å². The molecule has 2 aromatic rings. The van der Waals surface area contributed by atoms with Gasteiger partial charge in [0.15, 0.2) is 0 Å². The average Bonchev–Trinajstić information content (AvgIpc) is 3.02. The first-order valence-corrected chi connectivity index (χ1v) is 10.5. The van der Waals surface area contributed by atoms with Gasteiger partial charge in [-0.25, -0.2) is 0 Å². The molecular weight excluding hydrogens is 394 g/mol. The summed E-state index contributed by atoms with van der Waals surface area (Å²) in [6.45, 7) is 5.94. The number of amides is 2. The third-order valence-corrected chi connectivity index (χ3v) is 5.58. The van der Waals surface area contributed by atoms with Crippen LogP contribution < -0.4 is 10.1 Å². The van der Waals surface area contributed by atoms with E-state index in [9.17, 15) is 9.59 Å². The molecule has 0 atom stereocenters. The maximum Gasteiger partial charge on any atom is 0.278 e. The third-order valence-electron chi connectivity index (χ3n) is 5.58. The van der Waals surface area contributed by atoms with E-state index in [2.05, 4.69) is 10.2 Å². The molecule has 1 fully saturated rings. The Kier molecular flexibility index (Phi) is 6.34. The van der Waals surface area contributed by atoms with Crippen LogP contribution in [0.5, 0.6) is 5.75 Å². The van der Waals surface area contributed by atoms with E-state index in [1.54, 1.807) is 19.2 Å². The lowest BCUT2D eigenvalue weighted by atomic mass is 10.0. The molecule has 2 amide bonds. The Labute approximate surface area is 182 Å². The van der Waals surface area contributed by atoms with Crippen molar-refractivity contribution in [3.8, 4) is 5.75 Å². The number of nitrogens with one attached hydrogen (secondary N) is 1. The molecule has 2 aliphatic heterocycles. The maximum atomic E-state index is 13.3. The molecule has 0 saturated carbocycles. The average molecular weight is 421 g/mol. The highest BCUT2D eigenvalue weighted by Crippen LogP contribution is 2.31. The van der Waals surface area contributed by atoms with Crippen LogP contribution in [0.25, 0.3) is 5.57 Å². The molecule has 2 aliphatic rings. The second kappa shape index (κ2) is 9.32. The zero-order chi connectivity index (χ0) is 21.8. The van der Waals surface area contributed by atoms with Crippen molar-refractivity contribution in [3.05, 3.63) is 65.4 Å². The second-order valence-corrected chi connectivity index (χ2v) is 7.69. The zero-order valence-corrected chi connectivity index (χ0v) is 17.9. The zero-order valence-electron chi connectivity index (χ0n) is 17.9. The summed E-state index contributed by atoms with van der Waals surface area (Å²) >= 11 is 0. The third kappa shape index (κ3) is 4.62. The SMILES string of the molecule is COc1ccc(C2=C(Nc3cccc(C)c3)C(=O)N(CCN3CCOCC3)C2=O)cc1. The van der Waals surface area contributed by atoms with Crippen molar-refractivity contribution in [1.29, 1.82) is 0 Å². The standard InChI is InChI=1S/C24H27N3O4/c1-17-4-3-5-19(16-17)25-22-21(18-6-8-20(30-2)9-7-18)23(28)27(24(22)29)11-10-26-12-14-31-15-13-26/h3-9,16,25H,10-15H2,1-2H3. The lowest BCUT2D eigenvalue weighted by Gasteiger charge is -2.28. The first kappa shape index (κ1) is 21.1. The van der Waals surface area contributed by atoms with E-state index < -0.39 is 0 Å². The normalized spacial score (nSPS) is 17.4. The number of methoxy groups -OCH3 is 1. The van der Waals surface area contributed by atoms with Gasteiger partial charge in [-0.1, -0.05) is 24.3 Å². The number of carbonyl (C=O) groups excluding carboxylic acids is 2. The Morgan fingerprint density at radius 2 is 1.74 bits per heavy atom. The maximum absolute atomic E-state index is 13.3. The van der Waals surface area contributed by atoms with Gasteiger partial charge in [0.05, 0.1) is 25.9 Å². The fourth-order valence-electron chi connectivity index (χ4n) is 3.85. The monoisotopic (exact) mass is 421 g/mol. The van der Waals surface area contributed by atoms with Gasteiger partial charge in [-0.15, -0.1) is 0 Å². The summed E-state index contributed by atoms with van der Waals surface area (Å²) < 4.78 is 10.6. The molecular formula is C24H27N3O4. The minimum Gasteiger partial charge on any atom is -0.497 e. The Morgan fingerprint density at radius 3 is 2.42 bits per heavy atom. The van der Waals surface area contributed by atoms with Crippen LogP contribution in [0.1, 0.15) is 11.1 Å². The topological polar surface area (TPSA) is 71.1 Å². The minimum absolute atomic E-state index is 0.279. The Morgan fingerprint density at radius 1 is 1.00 bits per heavy atom. The number of benzene rings is 2. The molecule has 0 aliphatic carbocycles. The van der Waals surface area contributed by atoms with Crippen molar-refractivity contribution in [2.75, 3.05) is 51.8 Å². The summed E-state index contributed by atoms with van der Waals surface area (Å²) in [7, 11) is 1.59. The summed E-state index contributed by atoms with van der Waals surface area (Å²) in [6.07, 6.45) is 0. The van der Waals surface area contributed by atoms with Gasteiger partial charge in [0, 0.05) is 31.9 Å². The van der Waals surface area contributed by atoms with Crippen LogP contribution >= 0.6 is 0 Å². The number of morpholine rings is 1. The minimum atomic E-state index is -0.300. The van der Waals surface area contributed by atoms with Crippen LogP contribution in [0.4, 0.5) is 5.69 Å². The molecule has 31 heavy (non-hydrogen) atoms. The molecule has 0 unspecified atom stereocenters. The first-order chi connectivity index (χ1) is 15.1. The Hall–Kier alpha value is -3.16. The van der Waals surface area contributed by atoms with Crippen molar-refractivity contribution in [2.24, 2.45) is 0 Å². The van der Waals surface area contributed by atoms with Crippen LogP contribution in [-0.4, -0.2) is 68.1 Å². The highest BCUT2D eigenvalue weighted by atomic mass is 16.5. The molecule has 7 heteroatoms. The molecule has 0 aromatic heterocycles. The van der Waals surface area contributed by atoms with Crippen molar-refractivity contribution in [3.63, 3.8) is 0 Å². The summed E-state index contributed by atoms with van der Waals surface area (Å²) in [5.41, 5.74) is 3.22. The number of imide groups is 1. The molecule has 0 bridgehead atoms. The van der Waals surface area contributed by atoms with Gasteiger partial charge in [-0.2, -0.15) is 0 Å². The molecule has 4 rings (SSSR count). The van der Waals surface area contributed by atoms with E-state index in [0.717, 1.165) is 24.3 Å². The van der Waals surface area contributed by atoms with E-state index in [1.807, 2.05) is 43.3 Å². The van der Waals surface area contributed by atoms with E-state index in [4.69, 9.17) is 9.47 Å². The second-order valence-electron chi connectivity index (χ2n) is 7.69. The largest absolute Gasteiger partial charge is 0.497 e.